The molecular formula is C14H11N3O2. The second-order valence-corrected chi connectivity index (χ2v) is 4.12. The molecule has 0 saturated carbocycles. The lowest BCUT2D eigenvalue weighted by atomic mass is 10.2. The highest BCUT2D eigenvalue weighted by molar-refractivity contribution is 6.07. The minimum atomic E-state index is -0.220. The number of H-pyrrole nitrogens is 1. The monoisotopic (exact) mass is 253 g/mol. The Morgan fingerprint density at radius 1 is 1.16 bits per heavy atom. The third-order valence-electron chi connectivity index (χ3n) is 2.81. The first-order valence-corrected chi connectivity index (χ1v) is 5.77. The van der Waals surface area contributed by atoms with Crippen LogP contribution in [0.5, 0.6) is 5.75 Å². The Balaban J connectivity index is 1.92. The molecule has 3 aromatic rings. The van der Waals surface area contributed by atoms with Gasteiger partial charge in [0.1, 0.15) is 5.75 Å². The van der Waals surface area contributed by atoms with Crippen LogP contribution in [0.25, 0.3) is 10.9 Å². The van der Waals surface area contributed by atoms with Crippen molar-refractivity contribution in [3.05, 3.63) is 54.1 Å². The van der Waals surface area contributed by atoms with Gasteiger partial charge in [0, 0.05) is 17.0 Å². The van der Waals surface area contributed by atoms with Crippen molar-refractivity contribution >= 4 is 22.6 Å². The Kier molecular flexibility index (Phi) is 2.64. The fourth-order valence-electron chi connectivity index (χ4n) is 1.87. The van der Waals surface area contributed by atoms with E-state index in [1.807, 2.05) is 6.07 Å². The van der Waals surface area contributed by atoms with Gasteiger partial charge in [-0.1, -0.05) is 18.2 Å². The first kappa shape index (κ1) is 11.3. The molecule has 5 nitrogen and oxygen atoms in total. The Labute approximate surface area is 108 Å². The quantitative estimate of drug-likeness (QED) is 0.656. The van der Waals surface area contributed by atoms with Gasteiger partial charge in [0.15, 0.2) is 5.82 Å². The van der Waals surface area contributed by atoms with Gasteiger partial charge >= 0.3 is 0 Å². The maximum Gasteiger partial charge on any atom is 0.256 e. The minimum absolute atomic E-state index is 0.150. The van der Waals surface area contributed by atoms with E-state index in [9.17, 15) is 9.90 Å². The van der Waals surface area contributed by atoms with E-state index in [2.05, 4.69) is 15.5 Å². The van der Waals surface area contributed by atoms with Gasteiger partial charge in [0.2, 0.25) is 0 Å². The smallest absolute Gasteiger partial charge is 0.256 e. The summed E-state index contributed by atoms with van der Waals surface area (Å²) in [4.78, 5) is 12.0. The van der Waals surface area contributed by atoms with E-state index in [1.54, 1.807) is 42.5 Å². The molecular weight excluding hydrogens is 242 g/mol. The predicted molar refractivity (Wildman–Crippen MR) is 72.2 cm³/mol. The largest absolute Gasteiger partial charge is 0.508 e. The number of hydrogen-bond acceptors (Lipinski definition) is 3. The fourth-order valence-corrected chi connectivity index (χ4v) is 1.87. The number of hydrogen-bond donors (Lipinski definition) is 3. The normalized spacial score (nSPS) is 10.5. The van der Waals surface area contributed by atoms with E-state index < -0.39 is 0 Å². The second kappa shape index (κ2) is 4.45. The molecule has 0 aliphatic carbocycles. The average molecular weight is 253 g/mol. The minimum Gasteiger partial charge on any atom is -0.508 e. The van der Waals surface area contributed by atoms with Gasteiger partial charge < -0.3 is 10.4 Å². The number of phenolic OH excluding ortho intramolecular Hbond substituents is 1. The number of carbonyl (C=O) groups excluding carboxylic acids is 1. The van der Waals surface area contributed by atoms with E-state index in [1.165, 1.54) is 0 Å². The third-order valence-corrected chi connectivity index (χ3v) is 2.81. The molecule has 3 rings (SSSR count). The van der Waals surface area contributed by atoms with Crippen molar-refractivity contribution in [2.24, 2.45) is 0 Å². The number of phenols is 1. The van der Waals surface area contributed by atoms with Crippen molar-refractivity contribution < 1.29 is 9.90 Å². The number of rotatable bonds is 2. The molecule has 1 amide bonds. The highest BCUT2D eigenvalue weighted by Gasteiger charge is 2.10. The van der Waals surface area contributed by atoms with Crippen LogP contribution in [0.4, 0.5) is 5.82 Å². The molecule has 0 spiro atoms. The van der Waals surface area contributed by atoms with Crippen molar-refractivity contribution in [2.45, 2.75) is 0 Å². The van der Waals surface area contributed by atoms with Crippen LogP contribution in [0.1, 0.15) is 10.4 Å². The molecule has 0 unspecified atom stereocenters. The summed E-state index contributed by atoms with van der Waals surface area (Å²) in [5.74, 6) is 0.378. The highest BCUT2D eigenvalue weighted by Crippen LogP contribution is 2.24. The molecule has 0 saturated heterocycles. The SMILES string of the molecule is O=C(Nc1n[nH]c2cc(O)ccc12)c1ccccc1. The summed E-state index contributed by atoms with van der Waals surface area (Å²) in [6.07, 6.45) is 0. The van der Waals surface area contributed by atoms with Gasteiger partial charge in [-0.25, -0.2) is 0 Å². The summed E-state index contributed by atoms with van der Waals surface area (Å²) >= 11 is 0. The topological polar surface area (TPSA) is 78.0 Å². The number of carbonyl (C=O) groups is 1. The van der Waals surface area contributed by atoms with Gasteiger partial charge in [-0.3, -0.25) is 9.89 Å². The molecule has 0 radical (unpaired) electrons. The number of benzene rings is 2. The molecule has 1 heterocycles. The van der Waals surface area contributed by atoms with Crippen LogP contribution in [0, 0.1) is 0 Å². The number of fused-ring (bicyclic) bond motifs is 1. The Morgan fingerprint density at radius 3 is 2.74 bits per heavy atom. The number of aromatic nitrogens is 2. The van der Waals surface area contributed by atoms with Gasteiger partial charge in [-0.2, -0.15) is 5.10 Å². The maximum atomic E-state index is 12.0. The van der Waals surface area contributed by atoms with Gasteiger partial charge in [0.25, 0.3) is 5.91 Å². The van der Waals surface area contributed by atoms with Crippen LogP contribution < -0.4 is 5.32 Å². The molecule has 0 bridgehead atoms. The standard InChI is InChI=1S/C14H11N3O2/c18-10-6-7-11-12(8-10)16-17-13(11)15-14(19)9-4-2-1-3-5-9/h1-8,18H,(H2,15,16,17,19). The molecule has 5 heteroatoms. The molecule has 0 fully saturated rings. The van der Waals surface area contributed by atoms with E-state index in [0.717, 1.165) is 5.39 Å². The van der Waals surface area contributed by atoms with Crippen molar-refractivity contribution in [2.75, 3.05) is 5.32 Å². The molecule has 1 aromatic heterocycles. The summed E-state index contributed by atoms with van der Waals surface area (Å²) in [6.45, 7) is 0. The first-order valence-electron chi connectivity index (χ1n) is 5.77. The summed E-state index contributed by atoms with van der Waals surface area (Å²) in [5, 5.41) is 19.6. The maximum absolute atomic E-state index is 12.0. The van der Waals surface area contributed by atoms with Crippen LogP contribution in [-0.4, -0.2) is 21.2 Å². The van der Waals surface area contributed by atoms with Crippen LogP contribution in [0.3, 0.4) is 0 Å². The van der Waals surface area contributed by atoms with Gasteiger partial charge in [-0.05, 0) is 24.3 Å². The summed E-state index contributed by atoms with van der Waals surface area (Å²) < 4.78 is 0. The summed E-state index contributed by atoms with van der Waals surface area (Å²) in [5.41, 5.74) is 1.24. The third kappa shape index (κ3) is 2.13. The van der Waals surface area contributed by atoms with Crippen molar-refractivity contribution in [3.63, 3.8) is 0 Å². The van der Waals surface area contributed by atoms with E-state index in [0.29, 0.717) is 16.9 Å². The number of anilines is 1. The lowest BCUT2D eigenvalue weighted by molar-refractivity contribution is 0.102. The van der Waals surface area contributed by atoms with Crippen LogP contribution in [-0.2, 0) is 0 Å². The fraction of sp³-hybridized carbons (Fsp3) is 0. The van der Waals surface area contributed by atoms with E-state index >= 15 is 0 Å². The molecule has 3 N–H and O–H groups in total. The first-order chi connectivity index (χ1) is 9.24. The number of nitrogens with one attached hydrogen (secondary N) is 2. The number of aromatic hydroxyl groups is 1. The Morgan fingerprint density at radius 2 is 1.95 bits per heavy atom. The van der Waals surface area contributed by atoms with Crippen molar-refractivity contribution in [1.29, 1.82) is 0 Å². The van der Waals surface area contributed by atoms with Crippen molar-refractivity contribution in [3.8, 4) is 5.75 Å². The highest BCUT2D eigenvalue weighted by atomic mass is 16.3. The summed E-state index contributed by atoms with van der Waals surface area (Å²) in [7, 11) is 0. The number of amides is 1. The number of aromatic amines is 1. The average Bonchev–Trinajstić information content (AvgIpc) is 2.82. The lowest BCUT2D eigenvalue weighted by Gasteiger charge is -2.02. The van der Waals surface area contributed by atoms with E-state index in [-0.39, 0.29) is 11.7 Å². The zero-order valence-electron chi connectivity index (χ0n) is 9.92. The zero-order chi connectivity index (χ0) is 13.2. The van der Waals surface area contributed by atoms with Crippen molar-refractivity contribution in [1.82, 2.24) is 10.2 Å². The molecule has 2 aromatic carbocycles. The molecule has 19 heavy (non-hydrogen) atoms. The van der Waals surface area contributed by atoms with E-state index in [4.69, 9.17) is 0 Å². The molecule has 0 aliphatic rings. The lowest BCUT2D eigenvalue weighted by Crippen LogP contribution is -2.12. The second-order valence-electron chi connectivity index (χ2n) is 4.12. The molecule has 0 atom stereocenters. The number of nitrogens with zero attached hydrogens (tertiary/aromatic N) is 1. The Bertz CT molecular complexity index is 735. The van der Waals surface area contributed by atoms with Crippen LogP contribution in [0.2, 0.25) is 0 Å². The van der Waals surface area contributed by atoms with Gasteiger partial charge in [-0.15, -0.1) is 0 Å². The van der Waals surface area contributed by atoms with Gasteiger partial charge in [0.05, 0.1) is 5.52 Å². The van der Waals surface area contributed by atoms with Crippen LogP contribution >= 0.6 is 0 Å². The molecule has 94 valence electrons. The Hall–Kier alpha value is -2.82. The zero-order valence-corrected chi connectivity index (χ0v) is 9.92. The van der Waals surface area contributed by atoms with Crippen LogP contribution in [0.15, 0.2) is 48.5 Å². The predicted octanol–water partition coefficient (Wildman–Crippen LogP) is 2.52. The molecule has 0 aliphatic heterocycles. The summed E-state index contributed by atoms with van der Waals surface area (Å²) in [6, 6.07) is 13.7.